The molecule has 0 radical (unpaired) electrons. The van der Waals surface area contributed by atoms with Crippen LogP contribution in [0, 0.1) is 0 Å². The fraction of sp³-hybridized carbons (Fsp3) is 0.467. The quantitative estimate of drug-likeness (QED) is 0.849. The van der Waals surface area contributed by atoms with Crippen LogP contribution in [-0.2, 0) is 6.54 Å². The Labute approximate surface area is 131 Å². The van der Waals surface area contributed by atoms with Gasteiger partial charge in [-0.25, -0.2) is 0 Å². The molecule has 2 aromatic rings. The van der Waals surface area contributed by atoms with Gasteiger partial charge in [-0.15, -0.1) is 0 Å². The number of fused-ring (bicyclic) bond motifs is 2. The highest BCUT2D eigenvalue weighted by atomic mass is 16.2. The molecular weight excluding hydrogens is 298 g/mol. The zero-order valence-corrected chi connectivity index (χ0v) is 12.9. The summed E-state index contributed by atoms with van der Waals surface area (Å²) in [6, 6.07) is 1.73. The molecule has 0 aromatic carbocycles. The first-order valence-corrected chi connectivity index (χ1v) is 7.72. The number of aromatic amines is 1. The van der Waals surface area contributed by atoms with Gasteiger partial charge in [0.05, 0.1) is 12.1 Å². The molecule has 1 saturated carbocycles. The fourth-order valence-corrected chi connectivity index (χ4v) is 2.79. The number of aromatic nitrogens is 3. The van der Waals surface area contributed by atoms with Crippen molar-refractivity contribution in [2.45, 2.75) is 45.3 Å². The molecule has 1 aliphatic heterocycles. The van der Waals surface area contributed by atoms with Crippen LogP contribution in [0.15, 0.2) is 10.9 Å². The summed E-state index contributed by atoms with van der Waals surface area (Å²) in [6.45, 7) is 4.07. The predicted molar refractivity (Wildman–Crippen MR) is 81.3 cm³/mol. The van der Waals surface area contributed by atoms with Crippen molar-refractivity contribution in [1.29, 1.82) is 0 Å². The van der Waals surface area contributed by atoms with Gasteiger partial charge >= 0.3 is 0 Å². The Morgan fingerprint density at radius 1 is 1.39 bits per heavy atom. The van der Waals surface area contributed by atoms with Gasteiger partial charge in [0.1, 0.15) is 11.3 Å². The molecule has 3 heterocycles. The number of carbonyl (C=O) groups is 2. The molecule has 1 fully saturated rings. The van der Waals surface area contributed by atoms with Crippen LogP contribution in [0.2, 0.25) is 0 Å². The Kier molecular flexibility index (Phi) is 2.84. The molecule has 2 amide bonds. The van der Waals surface area contributed by atoms with Crippen molar-refractivity contribution >= 4 is 17.5 Å². The highest BCUT2D eigenvalue weighted by Gasteiger charge is 2.33. The second kappa shape index (κ2) is 4.68. The molecule has 8 nitrogen and oxygen atoms in total. The molecule has 4 rings (SSSR count). The lowest BCUT2D eigenvalue weighted by molar-refractivity contribution is 0.0726. The van der Waals surface area contributed by atoms with Crippen LogP contribution in [0.1, 0.15) is 53.2 Å². The number of hydrogen-bond donors (Lipinski definition) is 2. The summed E-state index contributed by atoms with van der Waals surface area (Å²) in [5.74, 6) is -0.487. The molecule has 8 heteroatoms. The van der Waals surface area contributed by atoms with Gasteiger partial charge in [-0.2, -0.15) is 9.61 Å². The summed E-state index contributed by atoms with van der Waals surface area (Å²) in [6.07, 6.45) is 1.96. The Morgan fingerprint density at radius 3 is 2.78 bits per heavy atom. The first kappa shape index (κ1) is 14.0. The standard InChI is InChI=1S/C15H17N5O3/c1-7(2)19-6-9-12(15(19)23)17-11-5-10(18-20(11)14(9)22)13(21)16-8-3-4-8/h5,7-8,17H,3-4,6H2,1-2H3,(H,16,21). The maximum atomic E-state index is 12.6. The summed E-state index contributed by atoms with van der Waals surface area (Å²) in [7, 11) is 0. The second-order valence-electron chi connectivity index (χ2n) is 6.38. The van der Waals surface area contributed by atoms with E-state index >= 15 is 0 Å². The Bertz CT molecular complexity index is 890. The Balaban J connectivity index is 1.77. The van der Waals surface area contributed by atoms with Gasteiger partial charge in [0, 0.05) is 18.2 Å². The van der Waals surface area contributed by atoms with E-state index in [0.29, 0.717) is 16.9 Å². The lowest BCUT2D eigenvalue weighted by Crippen LogP contribution is -2.31. The molecule has 0 unspecified atom stereocenters. The molecule has 1 aliphatic carbocycles. The lowest BCUT2D eigenvalue weighted by atomic mass is 10.2. The van der Waals surface area contributed by atoms with E-state index in [1.807, 2.05) is 13.8 Å². The van der Waals surface area contributed by atoms with Crippen molar-refractivity contribution in [3.8, 4) is 0 Å². The highest BCUT2D eigenvalue weighted by Crippen LogP contribution is 2.22. The number of nitrogens with zero attached hydrogens (tertiary/aromatic N) is 3. The van der Waals surface area contributed by atoms with Gasteiger partial charge in [-0.1, -0.05) is 0 Å². The monoisotopic (exact) mass is 315 g/mol. The van der Waals surface area contributed by atoms with E-state index in [0.717, 1.165) is 17.4 Å². The number of nitrogens with one attached hydrogen (secondary N) is 2. The molecule has 23 heavy (non-hydrogen) atoms. The van der Waals surface area contributed by atoms with Crippen molar-refractivity contribution in [2.75, 3.05) is 0 Å². The molecular formula is C15H17N5O3. The normalized spacial score (nSPS) is 17.2. The van der Waals surface area contributed by atoms with Gasteiger partial charge < -0.3 is 15.2 Å². The third kappa shape index (κ3) is 2.13. The topological polar surface area (TPSA) is 99.6 Å². The molecule has 2 N–H and O–H groups in total. The van der Waals surface area contributed by atoms with Gasteiger partial charge in [-0.05, 0) is 26.7 Å². The van der Waals surface area contributed by atoms with E-state index in [-0.39, 0.29) is 41.7 Å². The highest BCUT2D eigenvalue weighted by molar-refractivity contribution is 5.97. The second-order valence-corrected chi connectivity index (χ2v) is 6.38. The molecule has 2 aliphatic rings. The van der Waals surface area contributed by atoms with Gasteiger partial charge in [0.15, 0.2) is 5.69 Å². The van der Waals surface area contributed by atoms with Crippen LogP contribution in [0.5, 0.6) is 0 Å². The third-order valence-electron chi connectivity index (χ3n) is 4.29. The van der Waals surface area contributed by atoms with Crippen molar-refractivity contribution < 1.29 is 9.59 Å². The SMILES string of the molecule is CC(C)N1Cc2c([nH]c3cc(C(=O)NC4CC4)nn3c2=O)C1=O. The van der Waals surface area contributed by atoms with E-state index in [1.165, 1.54) is 6.07 Å². The van der Waals surface area contributed by atoms with Crippen LogP contribution in [-0.4, -0.2) is 43.4 Å². The van der Waals surface area contributed by atoms with Gasteiger partial charge in [0.25, 0.3) is 17.4 Å². The van der Waals surface area contributed by atoms with Crippen molar-refractivity contribution in [3.05, 3.63) is 33.4 Å². The number of rotatable bonds is 3. The average Bonchev–Trinajstić information content (AvgIpc) is 3.09. The first-order chi connectivity index (χ1) is 11.0. The van der Waals surface area contributed by atoms with Crippen LogP contribution in [0.25, 0.3) is 5.65 Å². The summed E-state index contributed by atoms with van der Waals surface area (Å²) < 4.78 is 1.16. The third-order valence-corrected chi connectivity index (χ3v) is 4.29. The Hall–Kier alpha value is -2.64. The van der Waals surface area contributed by atoms with Crippen molar-refractivity contribution in [2.24, 2.45) is 0 Å². The minimum Gasteiger partial charge on any atom is -0.348 e. The number of hydrogen-bond acceptors (Lipinski definition) is 4. The van der Waals surface area contributed by atoms with Crippen molar-refractivity contribution in [3.63, 3.8) is 0 Å². The smallest absolute Gasteiger partial charge is 0.280 e. The van der Waals surface area contributed by atoms with E-state index in [2.05, 4.69) is 15.4 Å². The zero-order valence-electron chi connectivity index (χ0n) is 12.9. The maximum Gasteiger partial charge on any atom is 0.280 e. The first-order valence-electron chi connectivity index (χ1n) is 7.72. The summed E-state index contributed by atoms with van der Waals surface area (Å²) in [4.78, 5) is 41.6. The predicted octanol–water partition coefficient (Wildman–Crippen LogP) is 0.279. The van der Waals surface area contributed by atoms with E-state index in [1.54, 1.807) is 4.90 Å². The van der Waals surface area contributed by atoms with Crippen LogP contribution in [0.4, 0.5) is 0 Å². The summed E-state index contributed by atoms with van der Waals surface area (Å²) >= 11 is 0. The number of H-pyrrole nitrogens is 1. The van der Waals surface area contributed by atoms with Crippen LogP contribution in [0.3, 0.4) is 0 Å². The molecule has 2 aromatic heterocycles. The minimum absolute atomic E-state index is 0.00917. The molecule has 0 atom stereocenters. The average molecular weight is 315 g/mol. The summed E-state index contributed by atoms with van der Waals surface area (Å²) in [5.41, 5.74) is 0.880. The molecule has 0 bridgehead atoms. The molecule has 120 valence electrons. The largest absolute Gasteiger partial charge is 0.348 e. The van der Waals surface area contributed by atoms with Crippen LogP contribution < -0.4 is 10.9 Å². The van der Waals surface area contributed by atoms with E-state index < -0.39 is 0 Å². The zero-order chi connectivity index (χ0) is 16.3. The maximum absolute atomic E-state index is 12.6. The van der Waals surface area contributed by atoms with E-state index in [9.17, 15) is 14.4 Å². The molecule has 0 spiro atoms. The lowest BCUT2D eigenvalue weighted by Gasteiger charge is -2.19. The fourth-order valence-electron chi connectivity index (χ4n) is 2.79. The minimum atomic E-state index is -0.351. The van der Waals surface area contributed by atoms with Gasteiger partial charge in [0.2, 0.25) is 0 Å². The Morgan fingerprint density at radius 2 is 2.13 bits per heavy atom. The summed E-state index contributed by atoms with van der Waals surface area (Å²) in [5, 5.41) is 6.93. The van der Waals surface area contributed by atoms with Gasteiger partial charge in [-0.3, -0.25) is 14.4 Å². The number of carbonyl (C=O) groups excluding carboxylic acids is 2. The van der Waals surface area contributed by atoms with Crippen LogP contribution >= 0.6 is 0 Å². The molecule has 0 saturated heterocycles. The van der Waals surface area contributed by atoms with E-state index in [4.69, 9.17) is 0 Å². The number of amides is 2. The van der Waals surface area contributed by atoms with Crippen molar-refractivity contribution in [1.82, 2.24) is 24.8 Å².